The maximum absolute atomic E-state index is 12.2. The molecule has 1 heterocycles. The number of methoxy groups -OCH3 is 1. The highest BCUT2D eigenvalue weighted by atomic mass is 16.5. The van der Waals surface area contributed by atoms with Crippen LogP contribution in [0, 0.1) is 0 Å². The molecular formula is C20H20N4O3. The van der Waals surface area contributed by atoms with Crippen molar-refractivity contribution < 1.29 is 14.3 Å². The standard InChI is InChI=1S/C20H20N4O3/c1-3-27-19-13-15(8-11-17(19)18-5-4-12-21-24-18)23-20(25)22-14-6-9-16(26-2)10-7-14/h4-13,17H,3H2,1-2H3,(H,22,25). The molecule has 1 aromatic carbocycles. The Balaban J connectivity index is 1.74. The molecule has 138 valence electrons. The van der Waals surface area contributed by atoms with Gasteiger partial charge >= 0.3 is 6.03 Å². The number of urea groups is 1. The molecule has 7 heteroatoms. The highest BCUT2D eigenvalue weighted by molar-refractivity contribution is 6.12. The van der Waals surface area contributed by atoms with Gasteiger partial charge in [0, 0.05) is 18.0 Å². The Morgan fingerprint density at radius 1 is 1.26 bits per heavy atom. The number of nitrogens with one attached hydrogen (secondary N) is 1. The van der Waals surface area contributed by atoms with Crippen molar-refractivity contribution in [3.05, 3.63) is 72.3 Å². The molecule has 27 heavy (non-hydrogen) atoms. The van der Waals surface area contributed by atoms with Crippen LogP contribution in [0.1, 0.15) is 18.5 Å². The summed E-state index contributed by atoms with van der Waals surface area (Å²) in [5.41, 5.74) is 1.91. The second-order valence-corrected chi connectivity index (χ2v) is 5.66. The number of benzene rings is 1. The van der Waals surface area contributed by atoms with Crippen molar-refractivity contribution in [2.24, 2.45) is 4.99 Å². The van der Waals surface area contributed by atoms with Crippen LogP contribution in [0.2, 0.25) is 0 Å². The van der Waals surface area contributed by atoms with Gasteiger partial charge in [-0.25, -0.2) is 4.79 Å². The summed E-state index contributed by atoms with van der Waals surface area (Å²) in [6.07, 6.45) is 7.04. The Morgan fingerprint density at radius 2 is 2.07 bits per heavy atom. The van der Waals surface area contributed by atoms with Gasteiger partial charge in [-0.1, -0.05) is 6.08 Å². The molecule has 1 atom stereocenters. The molecule has 1 aliphatic rings. The van der Waals surface area contributed by atoms with E-state index in [9.17, 15) is 4.79 Å². The lowest BCUT2D eigenvalue weighted by Crippen LogP contribution is -2.14. The summed E-state index contributed by atoms with van der Waals surface area (Å²) < 4.78 is 10.8. The summed E-state index contributed by atoms with van der Waals surface area (Å²) in [5, 5.41) is 10.8. The monoisotopic (exact) mass is 364 g/mol. The minimum absolute atomic E-state index is 0.151. The lowest BCUT2D eigenvalue weighted by Gasteiger charge is -2.19. The van der Waals surface area contributed by atoms with Gasteiger partial charge in [-0.15, -0.1) is 0 Å². The zero-order chi connectivity index (χ0) is 19.1. The number of aromatic nitrogens is 2. The van der Waals surface area contributed by atoms with Crippen LogP contribution in [0.5, 0.6) is 5.75 Å². The van der Waals surface area contributed by atoms with Gasteiger partial charge < -0.3 is 14.8 Å². The van der Waals surface area contributed by atoms with Crippen LogP contribution in [-0.2, 0) is 4.74 Å². The topological polar surface area (TPSA) is 85.7 Å². The van der Waals surface area contributed by atoms with E-state index in [-0.39, 0.29) is 5.92 Å². The minimum atomic E-state index is -0.468. The molecule has 0 bridgehead atoms. The first-order valence-electron chi connectivity index (χ1n) is 8.53. The molecule has 0 saturated carbocycles. The maximum atomic E-state index is 12.2. The fourth-order valence-electron chi connectivity index (χ4n) is 2.61. The molecule has 1 unspecified atom stereocenters. The van der Waals surface area contributed by atoms with E-state index in [0.717, 1.165) is 5.69 Å². The van der Waals surface area contributed by atoms with Gasteiger partial charge in [0.25, 0.3) is 0 Å². The predicted octanol–water partition coefficient (Wildman–Crippen LogP) is 3.73. The largest absolute Gasteiger partial charge is 0.497 e. The summed E-state index contributed by atoms with van der Waals surface area (Å²) in [7, 11) is 1.59. The Labute approximate surface area is 157 Å². The van der Waals surface area contributed by atoms with Gasteiger partial charge in [0.05, 0.1) is 31.0 Å². The number of hydrogen-bond acceptors (Lipinski definition) is 5. The molecular weight excluding hydrogens is 344 g/mol. The molecule has 0 radical (unpaired) electrons. The van der Waals surface area contributed by atoms with Crippen LogP contribution in [0.4, 0.5) is 10.5 Å². The van der Waals surface area contributed by atoms with Crippen molar-refractivity contribution in [1.82, 2.24) is 10.2 Å². The number of anilines is 1. The molecule has 2 aromatic rings. The average molecular weight is 364 g/mol. The van der Waals surface area contributed by atoms with Crippen molar-refractivity contribution in [3.8, 4) is 5.75 Å². The lowest BCUT2D eigenvalue weighted by molar-refractivity contribution is 0.215. The first kappa shape index (κ1) is 18.3. The first-order chi connectivity index (χ1) is 13.2. The van der Waals surface area contributed by atoms with E-state index < -0.39 is 6.03 Å². The number of amides is 2. The smallest absolute Gasteiger partial charge is 0.345 e. The Bertz CT molecular complexity index is 874. The van der Waals surface area contributed by atoms with Crippen LogP contribution >= 0.6 is 0 Å². The van der Waals surface area contributed by atoms with Crippen molar-refractivity contribution in [1.29, 1.82) is 0 Å². The molecule has 2 amide bonds. The second kappa shape index (κ2) is 8.75. The molecule has 0 saturated heterocycles. The number of hydrogen-bond donors (Lipinski definition) is 1. The van der Waals surface area contributed by atoms with Crippen LogP contribution in [0.3, 0.4) is 0 Å². The molecule has 1 aliphatic carbocycles. The Kier molecular flexibility index (Phi) is 5.94. The van der Waals surface area contributed by atoms with Gasteiger partial charge in [-0.3, -0.25) is 0 Å². The van der Waals surface area contributed by atoms with E-state index in [1.54, 1.807) is 49.7 Å². The summed E-state index contributed by atoms with van der Waals surface area (Å²) in [4.78, 5) is 16.3. The number of allylic oxidation sites excluding steroid dienone is 3. The maximum Gasteiger partial charge on any atom is 0.345 e. The van der Waals surface area contributed by atoms with Crippen molar-refractivity contribution in [2.45, 2.75) is 12.8 Å². The predicted molar refractivity (Wildman–Crippen MR) is 103 cm³/mol. The number of rotatable bonds is 5. The molecule has 1 aromatic heterocycles. The molecule has 3 rings (SSSR count). The fraction of sp³-hybridized carbons (Fsp3) is 0.200. The molecule has 7 nitrogen and oxygen atoms in total. The van der Waals surface area contributed by atoms with Crippen molar-refractivity contribution in [2.75, 3.05) is 19.0 Å². The first-order valence-corrected chi connectivity index (χ1v) is 8.53. The summed E-state index contributed by atoms with van der Waals surface area (Å²) in [5.74, 6) is 1.24. The third kappa shape index (κ3) is 4.78. The molecule has 1 N–H and O–H groups in total. The minimum Gasteiger partial charge on any atom is -0.497 e. The summed E-state index contributed by atoms with van der Waals surface area (Å²) in [6.45, 7) is 2.40. The normalized spacial score (nSPS) is 17.3. The Hall–Kier alpha value is -3.48. The number of ether oxygens (including phenoxy) is 2. The van der Waals surface area contributed by atoms with Crippen molar-refractivity contribution >= 4 is 17.4 Å². The summed E-state index contributed by atoms with van der Waals surface area (Å²) >= 11 is 0. The van der Waals surface area contributed by atoms with E-state index in [2.05, 4.69) is 20.5 Å². The number of carbonyl (C=O) groups is 1. The van der Waals surface area contributed by atoms with E-state index >= 15 is 0 Å². The van der Waals surface area contributed by atoms with Gasteiger partial charge in [0.1, 0.15) is 11.5 Å². The molecule has 0 fully saturated rings. The van der Waals surface area contributed by atoms with Crippen LogP contribution in [0.25, 0.3) is 0 Å². The molecule has 0 spiro atoms. The van der Waals surface area contributed by atoms with Gasteiger partial charge in [-0.2, -0.15) is 15.2 Å². The van der Waals surface area contributed by atoms with E-state index in [1.807, 2.05) is 25.1 Å². The quantitative estimate of drug-likeness (QED) is 0.874. The Morgan fingerprint density at radius 3 is 2.74 bits per heavy atom. The fourth-order valence-corrected chi connectivity index (χ4v) is 2.61. The SMILES string of the molecule is CCOC1=CC(=NC(=O)Nc2ccc(OC)cc2)C=CC1c1cccnn1. The molecule has 0 aliphatic heterocycles. The third-order valence-corrected chi connectivity index (χ3v) is 3.85. The third-order valence-electron chi connectivity index (χ3n) is 3.85. The highest BCUT2D eigenvalue weighted by Gasteiger charge is 2.21. The highest BCUT2D eigenvalue weighted by Crippen LogP contribution is 2.28. The van der Waals surface area contributed by atoms with E-state index in [4.69, 9.17) is 9.47 Å². The van der Waals surface area contributed by atoms with Gasteiger partial charge in [0.2, 0.25) is 0 Å². The van der Waals surface area contributed by atoms with Crippen LogP contribution in [0.15, 0.2) is 71.6 Å². The van der Waals surface area contributed by atoms with Gasteiger partial charge in [-0.05, 0) is 49.4 Å². The second-order valence-electron chi connectivity index (χ2n) is 5.66. The number of aliphatic imine (C=N–C) groups is 1. The zero-order valence-corrected chi connectivity index (χ0v) is 15.1. The summed E-state index contributed by atoms with van der Waals surface area (Å²) in [6, 6.07) is 10.3. The van der Waals surface area contributed by atoms with Gasteiger partial charge in [0.15, 0.2) is 0 Å². The van der Waals surface area contributed by atoms with Crippen LogP contribution < -0.4 is 10.1 Å². The van der Waals surface area contributed by atoms with Crippen LogP contribution in [-0.4, -0.2) is 35.7 Å². The van der Waals surface area contributed by atoms with E-state index in [1.165, 1.54) is 0 Å². The van der Waals surface area contributed by atoms with E-state index in [0.29, 0.717) is 29.5 Å². The van der Waals surface area contributed by atoms with Crippen molar-refractivity contribution in [3.63, 3.8) is 0 Å². The average Bonchev–Trinajstić information content (AvgIpc) is 2.70. The lowest BCUT2D eigenvalue weighted by atomic mass is 9.96. The number of carbonyl (C=O) groups excluding carboxylic acids is 1. The number of nitrogens with zero attached hydrogens (tertiary/aromatic N) is 3. The zero-order valence-electron chi connectivity index (χ0n) is 15.1.